The topological polar surface area (TPSA) is 107 Å². The van der Waals surface area contributed by atoms with Gasteiger partial charge in [-0.05, 0) is 38.8 Å². The van der Waals surface area contributed by atoms with Crippen LogP contribution in [0.4, 0.5) is 32.2 Å². The minimum atomic E-state index is -5.08. The van der Waals surface area contributed by atoms with E-state index in [0.717, 1.165) is 18.9 Å². The van der Waals surface area contributed by atoms with Gasteiger partial charge in [0.25, 0.3) is 0 Å². The smallest absolute Gasteiger partial charge is 0.475 e. The number of halogens is 6. The van der Waals surface area contributed by atoms with Crippen molar-refractivity contribution in [2.45, 2.75) is 50.5 Å². The maximum Gasteiger partial charge on any atom is 0.490 e. The summed E-state index contributed by atoms with van der Waals surface area (Å²) >= 11 is 0. The lowest BCUT2D eigenvalue weighted by Gasteiger charge is -2.45. The first-order valence-electron chi connectivity index (χ1n) is 9.59. The number of rotatable bonds is 2. The number of anilines is 1. The van der Waals surface area contributed by atoms with Crippen LogP contribution in [-0.4, -0.2) is 81.1 Å². The molecule has 1 spiro atoms. The Labute approximate surface area is 179 Å². The van der Waals surface area contributed by atoms with E-state index in [9.17, 15) is 26.3 Å². The van der Waals surface area contributed by atoms with Crippen LogP contribution in [0.2, 0.25) is 0 Å². The fourth-order valence-electron chi connectivity index (χ4n) is 3.66. The number of likely N-dealkylation sites (tertiary alicyclic amines) is 1. The molecule has 182 valence electrons. The first-order valence-corrected chi connectivity index (χ1v) is 9.59. The van der Waals surface area contributed by atoms with Gasteiger partial charge in [-0.1, -0.05) is 6.92 Å². The highest BCUT2D eigenvalue weighted by Crippen LogP contribution is 2.38. The van der Waals surface area contributed by atoms with E-state index < -0.39 is 24.3 Å². The minimum absolute atomic E-state index is 0.494. The molecule has 0 atom stereocenters. The molecule has 2 fully saturated rings. The van der Waals surface area contributed by atoms with Crippen molar-refractivity contribution in [1.29, 1.82) is 0 Å². The molecular weight excluding hydrogens is 450 g/mol. The minimum Gasteiger partial charge on any atom is -0.475 e. The Morgan fingerprint density at radius 1 is 0.969 bits per heavy atom. The Morgan fingerprint density at radius 2 is 1.47 bits per heavy atom. The summed E-state index contributed by atoms with van der Waals surface area (Å²) < 4.78 is 63.5. The lowest BCUT2D eigenvalue weighted by atomic mass is 9.85. The van der Waals surface area contributed by atoms with Crippen molar-refractivity contribution < 1.29 is 46.1 Å². The molecule has 0 amide bonds. The van der Waals surface area contributed by atoms with Crippen molar-refractivity contribution in [3.63, 3.8) is 0 Å². The van der Waals surface area contributed by atoms with Gasteiger partial charge in [-0.3, -0.25) is 9.88 Å². The van der Waals surface area contributed by atoms with E-state index in [1.807, 2.05) is 6.20 Å². The van der Waals surface area contributed by atoms with E-state index in [-0.39, 0.29) is 0 Å². The summed E-state index contributed by atoms with van der Waals surface area (Å²) in [5, 5.41) is 14.2. The summed E-state index contributed by atoms with van der Waals surface area (Å²) in [5.74, 6) is -4.48. The largest absolute Gasteiger partial charge is 0.490 e. The molecular formula is C18H24F6N4O4. The molecule has 32 heavy (non-hydrogen) atoms. The van der Waals surface area contributed by atoms with E-state index in [2.05, 4.69) is 26.7 Å². The van der Waals surface area contributed by atoms with Crippen LogP contribution >= 0.6 is 0 Å². The standard InChI is InChI=1S/C14H22N4.2C2HF3O2/c1-2-18-9-3-4-14(18)5-10-17(11-6-14)13-12-15-7-8-16-13;2*3-2(4,5)1(6)7/h7-8,12H,2-6,9-11H2,1H3;2*(H,6,7). The van der Waals surface area contributed by atoms with Crippen molar-refractivity contribution in [2.75, 3.05) is 31.1 Å². The molecule has 0 bridgehead atoms. The van der Waals surface area contributed by atoms with Crippen LogP contribution in [0.15, 0.2) is 18.6 Å². The van der Waals surface area contributed by atoms with Crippen LogP contribution in [-0.2, 0) is 9.59 Å². The molecule has 8 nitrogen and oxygen atoms in total. The number of hydrogen-bond donors (Lipinski definition) is 2. The third-order valence-electron chi connectivity index (χ3n) is 5.18. The number of aromatic nitrogens is 2. The number of carbonyl (C=O) groups is 2. The number of nitrogens with zero attached hydrogens (tertiary/aromatic N) is 4. The first kappa shape index (κ1) is 27.4. The van der Waals surface area contributed by atoms with Crippen LogP contribution in [0, 0.1) is 0 Å². The monoisotopic (exact) mass is 474 g/mol. The molecule has 2 N–H and O–H groups in total. The lowest BCUT2D eigenvalue weighted by Crippen LogP contribution is -2.52. The quantitative estimate of drug-likeness (QED) is 0.630. The average molecular weight is 474 g/mol. The highest BCUT2D eigenvalue weighted by atomic mass is 19.4. The summed E-state index contributed by atoms with van der Waals surface area (Å²) in [6.45, 7) is 7.03. The molecule has 0 aromatic carbocycles. The zero-order valence-electron chi connectivity index (χ0n) is 17.2. The molecule has 2 aliphatic heterocycles. The summed E-state index contributed by atoms with van der Waals surface area (Å²) in [5.41, 5.74) is 0.494. The van der Waals surface area contributed by atoms with Gasteiger partial charge >= 0.3 is 24.3 Å². The zero-order chi connectivity index (χ0) is 24.6. The van der Waals surface area contributed by atoms with E-state index in [4.69, 9.17) is 19.8 Å². The van der Waals surface area contributed by atoms with Crippen molar-refractivity contribution >= 4 is 17.8 Å². The van der Waals surface area contributed by atoms with Gasteiger partial charge in [0.15, 0.2) is 0 Å². The Hall–Kier alpha value is -2.64. The Morgan fingerprint density at radius 3 is 1.84 bits per heavy atom. The zero-order valence-corrected chi connectivity index (χ0v) is 17.2. The predicted octanol–water partition coefficient (Wildman–Crippen LogP) is 3.20. The molecule has 2 saturated heterocycles. The number of piperidine rings is 1. The molecule has 3 heterocycles. The van der Waals surface area contributed by atoms with E-state index >= 15 is 0 Å². The molecule has 0 unspecified atom stereocenters. The third-order valence-corrected chi connectivity index (χ3v) is 5.18. The maximum atomic E-state index is 10.6. The molecule has 0 saturated carbocycles. The molecule has 14 heteroatoms. The Bertz CT molecular complexity index is 713. The number of carboxylic acid groups (broad SMARTS) is 2. The Balaban J connectivity index is 0.000000305. The van der Waals surface area contributed by atoms with Crippen molar-refractivity contribution in [3.05, 3.63) is 18.6 Å². The lowest BCUT2D eigenvalue weighted by molar-refractivity contribution is -0.193. The van der Waals surface area contributed by atoms with Crippen LogP contribution in [0.1, 0.15) is 32.6 Å². The summed E-state index contributed by atoms with van der Waals surface area (Å²) in [4.78, 5) is 31.4. The predicted molar refractivity (Wildman–Crippen MR) is 100 cm³/mol. The van der Waals surface area contributed by atoms with Crippen LogP contribution in [0.3, 0.4) is 0 Å². The molecule has 0 aliphatic carbocycles. The summed E-state index contributed by atoms with van der Waals surface area (Å²) in [7, 11) is 0. The van der Waals surface area contributed by atoms with Gasteiger partial charge in [0.2, 0.25) is 0 Å². The highest BCUT2D eigenvalue weighted by Gasteiger charge is 2.42. The molecule has 3 rings (SSSR count). The number of carboxylic acids is 2. The molecule has 2 aliphatic rings. The number of hydrogen-bond acceptors (Lipinski definition) is 6. The van der Waals surface area contributed by atoms with Gasteiger partial charge in [0, 0.05) is 31.0 Å². The van der Waals surface area contributed by atoms with Gasteiger partial charge < -0.3 is 15.1 Å². The third kappa shape index (κ3) is 8.13. The fourth-order valence-corrected chi connectivity index (χ4v) is 3.66. The average Bonchev–Trinajstić information content (AvgIpc) is 3.10. The van der Waals surface area contributed by atoms with Crippen molar-refractivity contribution in [1.82, 2.24) is 14.9 Å². The SMILES string of the molecule is CCN1CCCC12CCN(c1cnccn1)CC2.O=C(O)C(F)(F)F.O=C(O)C(F)(F)F. The summed E-state index contributed by atoms with van der Waals surface area (Å²) in [6, 6.07) is 0. The van der Waals surface area contributed by atoms with Gasteiger partial charge in [-0.2, -0.15) is 26.3 Å². The van der Waals surface area contributed by atoms with Crippen molar-refractivity contribution in [2.24, 2.45) is 0 Å². The van der Waals surface area contributed by atoms with E-state index in [1.165, 1.54) is 38.8 Å². The molecule has 1 aromatic heterocycles. The first-order chi connectivity index (χ1) is 14.7. The van der Waals surface area contributed by atoms with Crippen LogP contribution in [0.5, 0.6) is 0 Å². The van der Waals surface area contributed by atoms with E-state index in [1.54, 1.807) is 12.4 Å². The Kier molecular flexibility index (Phi) is 9.67. The second-order valence-corrected chi connectivity index (χ2v) is 7.06. The molecule has 0 radical (unpaired) electrons. The molecule has 1 aromatic rings. The highest BCUT2D eigenvalue weighted by molar-refractivity contribution is 5.73. The normalized spacial score (nSPS) is 18.3. The number of aliphatic carboxylic acids is 2. The van der Waals surface area contributed by atoms with E-state index in [0.29, 0.717) is 5.54 Å². The maximum absolute atomic E-state index is 10.6. The van der Waals surface area contributed by atoms with Crippen LogP contribution in [0.25, 0.3) is 0 Å². The number of alkyl halides is 6. The van der Waals surface area contributed by atoms with Crippen LogP contribution < -0.4 is 4.90 Å². The second kappa shape index (κ2) is 11.3. The van der Waals surface area contributed by atoms with Gasteiger partial charge in [-0.15, -0.1) is 0 Å². The summed E-state index contributed by atoms with van der Waals surface area (Å²) in [6.07, 6.45) is 0.547. The van der Waals surface area contributed by atoms with Gasteiger partial charge in [0.1, 0.15) is 5.82 Å². The van der Waals surface area contributed by atoms with Gasteiger partial charge in [0.05, 0.1) is 6.20 Å². The van der Waals surface area contributed by atoms with Gasteiger partial charge in [-0.25, -0.2) is 14.6 Å². The second-order valence-electron chi connectivity index (χ2n) is 7.06. The van der Waals surface area contributed by atoms with Crippen molar-refractivity contribution in [3.8, 4) is 0 Å². The fraction of sp³-hybridized carbons (Fsp3) is 0.667.